The van der Waals surface area contributed by atoms with Crippen LogP contribution in [0.3, 0.4) is 0 Å². The Morgan fingerprint density at radius 2 is 1.80 bits per heavy atom. The van der Waals surface area contributed by atoms with E-state index in [1.165, 1.54) is 6.26 Å². The average Bonchev–Trinajstić information content (AvgIpc) is 3.11. The van der Waals surface area contributed by atoms with Crippen LogP contribution in [0.25, 0.3) is 11.0 Å². The summed E-state index contributed by atoms with van der Waals surface area (Å²) in [5.41, 5.74) is 5.57. The highest BCUT2D eigenvalue weighted by atomic mass is 79.9. The quantitative estimate of drug-likeness (QED) is 0.286. The van der Waals surface area contributed by atoms with E-state index < -0.39 is 9.84 Å². The lowest BCUT2D eigenvalue weighted by molar-refractivity contribution is 0.416. The van der Waals surface area contributed by atoms with E-state index in [1.54, 1.807) is 19.2 Å². The average molecular weight is 558 g/mol. The molecule has 1 N–H and O–H groups in total. The standard InChI is InChI=1S/C26H29BrN4O3S/c1-16(2)31(19-10-12-20(13-11-19)35(6,32)33)22-9-7-8-21-25(22)30(4)26(28-21)29-24-17(3)14-18(27)15-23(24)34-5/h7-16H,1-6H3,(H,28,29). The summed E-state index contributed by atoms with van der Waals surface area (Å²) in [6.45, 7) is 6.23. The minimum absolute atomic E-state index is 0.116. The highest BCUT2D eigenvalue weighted by molar-refractivity contribution is 9.10. The Morgan fingerprint density at radius 3 is 2.40 bits per heavy atom. The van der Waals surface area contributed by atoms with E-state index in [0.29, 0.717) is 10.8 Å². The number of rotatable bonds is 7. The lowest BCUT2D eigenvalue weighted by Crippen LogP contribution is -2.26. The van der Waals surface area contributed by atoms with Crippen molar-refractivity contribution in [3.63, 3.8) is 0 Å². The lowest BCUT2D eigenvalue weighted by atomic mass is 10.1. The summed E-state index contributed by atoms with van der Waals surface area (Å²) in [4.78, 5) is 7.35. The number of nitrogens with zero attached hydrogens (tertiary/aromatic N) is 3. The molecule has 0 unspecified atom stereocenters. The fraction of sp³-hybridized carbons (Fsp3) is 0.269. The molecule has 0 atom stereocenters. The van der Waals surface area contributed by atoms with E-state index in [-0.39, 0.29) is 6.04 Å². The Kier molecular flexibility index (Phi) is 6.83. The number of methoxy groups -OCH3 is 1. The van der Waals surface area contributed by atoms with Crippen molar-refractivity contribution in [1.82, 2.24) is 9.55 Å². The molecule has 0 aliphatic heterocycles. The number of sulfone groups is 1. The first-order valence-electron chi connectivity index (χ1n) is 11.2. The molecule has 0 radical (unpaired) electrons. The Hall–Kier alpha value is -3.04. The number of anilines is 4. The second-order valence-electron chi connectivity index (χ2n) is 8.79. The predicted molar refractivity (Wildman–Crippen MR) is 146 cm³/mol. The van der Waals surface area contributed by atoms with Gasteiger partial charge in [-0.15, -0.1) is 0 Å². The molecule has 0 bridgehead atoms. The van der Waals surface area contributed by atoms with Crippen LogP contribution in [0.2, 0.25) is 0 Å². The molecule has 1 heterocycles. The van der Waals surface area contributed by atoms with Crippen LogP contribution in [0, 0.1) is 6.92 Å². The smallest absolute Gasteiger partial charge is 0.208 e. The van der Waals surface area contributed by atoms with Crippen molar-refractivity contribution in [2.45, 2.75) is 31.7 Å². The molecule has 0 aliphatic rings. The molecule has 0 aliphatic carbocycles. The fourth-order valence-corrected chi connectivity index (χ4v) is 5.45. The summed E-state index contributed by atoms with van der Waals surface area (Å²) in [6, 6.07) is 17.1. The molecule has 0 fully saturated rings. The first-order valence-corrected chi connectivity index (χ1v) is 13.9. The molecule has 9 heteroatoms. The van der Waals surface area contributed by atoms with Crippen molar-refractivity contribution >= 4 is 59.8 Å². The number of nitrogens with one attached hydrogen (secondary N) is 1. The molecule has 0 saturated carbocycles. The predicted octanol–water partition coefficient (Wildman–Crippen LogP) is 6.35. The van der Waals surface area contributed by atoms with E-state index in [1.807, 2.05) is 54.9 Å². The van der Waals surface area contributed by atoms with Crippen LogP contribution < -0.4 is 15.0 Å². The minimum atomic E-state index is -3.26. The van der Waals surface area contributed by atoms with Crippen molar-refractivity contribution in [3.05, 3.63) is 64.6 Å². The highest BCUT2D eigenvalue weighted by Gasteiger charge is 2.21. The zero-order chi connectivity index (χ0) is 25.5. The molecule has 4 rings (SSSR count). The van der Waals surface area contributed by atoms with Gasteiger partial charge in [0.1, 0.15) is 5.75 Å². The van der Waals surface area contributed by atoms with Gasteiger partial charge < -0.3 is 19.5 Å². The summed E-state index contributed by atoms with van der Waals surface area (Å²) in [5, 5.41) is 3.46. The van der Waals surface area contributed by atoms with Crippen LogP contribution >= 0.6 is 15.9 Å². The van der Waals surface area contributed by atoms with Gasteiger partial charge in [-0.05, 0) is 74.9 Å². The van der Waals surface area contributed by atoms with Gasteiger partial charge in [0, 0.05) is 29.5 Å². The molecule has 0 spiro atoms. The zero-order valence-corrected chi connectivity index (χ0v) is 23.0. The molecule has 3 aromatic carbocycles. The monoisotopic (exact) mass is 556 g/mol. The van der Waals surface area contributed by atoms with Crippen LogP contribution in [-0.4, -0.2) is 37.4 Å². The van der Waals surface area contributed by atoms with Gasteiger partial charge in [0.15, 0.2) is 9.84 Å². The normalized spacial score (nSPS) is 11.8. The first-order chi connectivity index (χ1) is 16.5. The number of imidazole rings is 1. The molecular weight excluding hydrogens is 528 g/mol. The van der Waals surface area contributed by atoms with Gasteiger partial charge in [0.05, 0.1) is 34.4 Å². The summed E-state index contributed by atoms with van der Waals surface area (Å²) in [7, 11) is 0.363. The van der Waals surface area contributed by atoms with E-state index in [4.69, 9.17) is 9.72 Å². The number of ether oxygens (including phenoxy) is 1. The third kappa shape index (κ3) is 4.88. The second-order valence-corrected chi connectivity index (χ2v) is 11.7. The number of aromatic nitrogens is 2. The van der Waals surface area contributed by atoms with Crippen molar-refractivity contribution < 1.29 is 13.2 Å². The second kappa shape index (κ2) is 9.54. The van der Waals surface area contributed by atoms with Gasteiger partial charge in [-0.3, -0.25) is 0 Å². The fourth-order valence-electron chi connectivity index (χ4n) is 4.27. The number of fused-ring (bicyclic) bond motifs is 1. The third-order valence-electron chi connectivity index (χ3n) is 5.91. The lowest BCUT2D eigenvalue weighted by Gasteiger charge is -2.30. The number of hydrogen-bond acceptors (Lipinski definition) is 6. The maximum absolute atomic E-state index is 11.9. The van der Waals surface area contributed by atoms with Gasteiger partial charge in [0.25, 0.3) is 0 Å². The Balaban J connectivity index is 1.83. The Labute approximate surface area is 214 Å². The van der Waals surface area contributed by atoms with Crippen molar-refractivity contribution in [3.8, 4) is 5.75 Å². The van der Waals surface area contributed by atoms with Crippen LogP contribution in [0.1, 0.15) is 19.4 Å². The topological polar surface area (TPSA) is 76.5 Å². The van der Waals surface area contributed by atoms with E-state index in [2.05, 4.69) is 46.1 Å². The zero-order valence-electron chi connectivity index (χ0n) is 20.6. The largest absolute Gasteiger partial charge is 0.495 e. The summed E-state index contributed by atoms with van der Waals surface area (Å²) < 4.78 is 32.4. The SMILES string of the molecule is COc1cc(Br)cc(C)c1Nc1nc2cccc(N(c3ccc(S(C)(=O)=O)cc3)C(C)C)c2n1C. The Bertz CT molecular complexity index is 1500. The third-order valence-corrected chi connectivity index (χ3v) is 7.50. The molecule has 4 aromatic rings. The van der Waals surface area contributed by atoms with Crippen LogP contribution in [0.5, 0.6) is 5.75 Å². The number of hydrogen-bond donors (Lipinski definition) is 1. The maximum atomic E-state index is 11.9. The van der Waals surface area contributed by atoms with E-state index >= 15 is 0 Å². The number of para-hydroxylation sites is 1. The van der Waals surface area contributed by atoms with Gasteiger partial charge in [-0.2, -0.15) is 0 Å². The van der Waals surface area contributed by atoms with Gasteiger partial charge in [-0.25, -0.2) is 13.4 Å². The minimum Gasteiger partial charge on any atom is -0.495 e. The molecule has 0 saturated heterocycles. The highest BCUT2D eigenvalue weighted by Crippen LogP contribution is 2.38. The number of halogens is 1. The van der Waals surface area contributed by atoms with Crippen LogP contribution in [0.15, 0.2) is 64.0 Å². The van der Waals surface area contributed by atoms with Crippen molar-refractivity contribution in [2.75, 3.05) is 23.6 Å². The van der Waals surface area contributed by atoms with Crippen molar-refractivity contribution in [1.29, 1.82) is 0 Å². The number of aryl methyl sites for hydroxylation is 2. The van der Waals surface area contributed by atoms with Crippen LogP contribution in [-0.2, 0) is 16.9 Å². The van der Waals surface area contributed by atoms with E-state index in [9.17, 15) is 8.42 Å². The summed E-state index contributed by atoms with van der Waals surface area (Å²) in [5.74, 6) is 1.41. The first kappa shape index (κ1) is 25.1. The van der Waals surface area contributed by atoms with Gasteiger partial charge in [-0.1, -0.05) is 22.0 Å². The van der Waals surface area contributed by atoms with Gasteiger partial charge in [0.2, 0.25) is 5.95 Å². The Morgan fingerprint density at radius 1 is 1.11 bits per heavy atom. The molecule has 184 valence electrons. The molecule has 0 amide bonds. The summed E-state index contributed by atoms with van der Waals surface area (Å²) >= 11 is 3.52. The van der Waals surface area contributed by atoms with E-state index in [0.717, 1.165) is 43.9 Å². The van der Waals surface area contributed by atoms with Crippen molar-refractivity contribution in [2.24, 2.45) is 7.05 Å². The molecule has 35 heavy (non-hydrogen) atoms. The maximum Gasteiger partial charge on any atom is 0.208 e. The van der Waals surface area contributed by atoms with Crippen LogP contribution in [0.4, 0.5) is 23.0 Å². The molecule has 7 nitrogen and oxygen atoms in total. The molecule has 1 aromatic heterocycles. The summed E-state index contributed by atoms with van der Waals surface area (Å²) in [6.07, 6.45) is 1.22. The number of benzene rings is 3. The van der Waals surface area contributed by atoms with Gasteiger partial charge >= 0.3 is 0 Å². The molecular formula is C26H29BrN4O3S.